The Balaban J connectivity index is 1.14. The number of carbonyl (C=O) groups is 3. The van der Waals surface area contributed by atoms with Crippen molar-refractivity contribution >= 4 is 29.7 Å². The Morgan fingerprint density at radius 2 is 1.62 bits per heavy atom. The summed E-state index contributed by atoms with van der Waals surface area (Å²) in [5.41, 5.74) is -0.148. The van der Waals surface area contributed by atoms with Crippen LogP contribution in [0.5, 0.6) is 0 Å². The number of benzene rings is 1. The average molecular weight is 417 g/mol. The molecule has 7 heteroatoms. The summed E-state index contributed by atoms with van der Waals surface area (Å²) in [6.45, 7) is -0.427. The SMILES string of the molecule is O=C(COC(=O)CCSc1ccccc1)NC(=O)NC12CC3CC(CC(C3)C1)C2. The maximum Gasteiger partial charge on any atom is 0.321 e. The van der Waals surface area contributed by atoms with Gasteiger partial charge in [0, 0.05) is 16.2 Å². The lowest BCUT2D eigenvalue weighted by molar-refractivity contribution is -0.147. The summed E-state index contributed by atoms with van der Waals surface area (Å²) in [7, 11) is 0. The molecule has 0 radical (unpaired) electrons. The second kappa shape index (κ2) is 8.78. The molecule has 0 unspecified atom stereocenters. The molecule has 4 aliphatic rings. The fourth-order valence-corrected chi connectivity index (χ4v) is 6.54. The second-order valence-electron chi connectivity index (χ2n) is 8.77. The van der Waals surface area contributed by atoms with E-state index in [1.54, 1.807) is 11.8 Å². The van der Waals surface area contributed by atoms with Crippen molar-refractivity contribution in [2.75, 3.05) is 12.4 Å². The summed E-state index contributed by atoms with van der Waals surface area (Å²) < 4.78 is 4.99. The number of ether oxygens (including phenoxy) is 1. The second-order valence-corrected chi connectivity index (χ2v) is 9.94. The Hall–Kier alpha value is -2.02. The van der Waals surface area contributed by atoms with E-state index in [0.717, 1.165) is 24.2 Å². The van der Waals surface area contributed by atoms with Crippen molar-refractivity contribution in [3.05, 3.63) is 30.3 Å². The van der Waals surface area contributed by atoms with Crippen LogP contribution in [0.25, 0.3) is 0 Å². The van der Waals surface area contributed by atoms with Crippen LogP contribution in [0.3, 0.4) is 0 Å². The van der Waals surface area contributed by atoms with E-state index in [1.165, 1.54) is 19.3 Å². The predicted molar refractivity (Wildman–Crippen MR) is 110 cm³/mol. The standard InChI is InChI=1S/C22H28N2O4S/c25-19(14-28-20(26)6-7-29-18-4-2-1-3-5-18)23-21(27)24-22-11-15-8-16(12-22)10-17(9-15)13-22/h1-5,15-17H,6-14H2,(H2,23,24,25,27). The van der Waals surface area contributed by atoms with Crippen molar-refractivity contribution in [3.63, 3.8) is 0 Å². The van der Waals surface area contributed by atoms with Gasteiger partial charge >= 0.3 is 12.0 Å². The van der Waals surface area contributed by atoms with Gasteiger partial charge in [-0.15, -0.1) is 11.8 Å². The molecule has 1 aromatic carbocycles. The van der Waals surface area contributed by atoms with Gasteiger partial charge in [0.15, 0.2) is 6.61 Å². The Kier molecular flexibility index (Phi) is 6.13. The molecule has 0 heterocycles. The summed E-state index contributed by atoms with van der Waals surface area (Å²) in [4.78, 5) is 37.2. The number of imide groups is 1. The Bertz CT molecular complexity index is 732. The number of esters is 1. The minimum Gasteiger partial charge on any atom is -0.456 e. The number of nitrogens with one attached hydrogen (secondary N) is 2. The van der Waals surface area contributed by atoms with Gasteiger partial charge in [-0.2, -0.15) is 0 Å². The highest BCUT2D eigenvalue weighted by Crippen LogP contribution is 2.55. The first-order chi connectivity index (χ1) is 14.0. The van der Waals surface area contributed by atoms with Crippen molar-refractivity contribution in [1.29, 1.82) is 0 Å². The summed E-state index contributed by atoms with van der Waals surface area (Å²) in [6, 6.07) is 9.32. The first kappa shape index (κ1) is 20.3. The molecule has 156 valence electrons. The molecule has 5 rings (SSSR count). The molecule has 6 nitrogen and oxygen atoms in total. The van der Waals surface area contributed by atoms with E-state index in [9.17, 15) is 14.4 Å². The van der Waals surface area contributed by atoms with Gasteiger partial charge in [-0.3, -0.25) is 14.9 Å². The molecule has 1 aromatic rings. The Morgan fingerprint density at radius 1 is 1.00 bits per heavy atom. The van der Waals surface area contributed by atoms with E-state index < -0.39 is 24.5 Å². The normalized spacial score (nSPS) is 29.3. The molecule has 4 aliphatic carbocycles. The van der Waals surface area contributed by atoms with E-state index in [2.05, 4.69) is 10.6 Å². The number of hydrogen-bond donors (Lipinski definition) is 2. The van der Waals surface area contributed by atoms with Crippen molar-refractivity contribution in [2.24, 2.45) is 17.8 Å². The van der Waals surface area contributed by atoms with E-state index in [0.29, 0.717) is 23.5 Å². The number of hydrogen-bond acceptors (Lipinski definition) is 5. The third kappa shape index (κ3) is 5.32. The number of urea groups is 1. The quantitative estimate of drug-likeness (QED) is 0.525. The fraction of sp³-hybridized carbons (Fsp3) is 0.591. The molecular weight excluding hydrogens is 388 g/mol. The van der Waals surface area contributed by atoms with Gasteiger partial charge in [0.1, 0.15) is 0 Å². The van der Waals surface area contributed by atoms with Crippen LogP contribution in [-0.2, 0) is 14.3 Å². The molecule has 4 fully saturated rings. The third-order valence-corrected chi connectivity index (χ3v) is 7.37. The van der Waals surface area contributed by atoms with Gasteiger partial charge < -0.3 is 10.1 Å². The van der Waals surface area contributed by atoms with Crippen LogP contribution < -0.4 is 10.6 Å². The fourth-order valence-electron chi connectivity index (χ4n) is 5.69. The Labute approximate surface area is 175 Å². The zero-order valence-electron chi connectivity index (χ0n) is 16.5. The maximum atomic E-state index is 12.3. The zero-order chi connectivity index (χ0) is 20.3. The van der Waals surface area contributed by atoms with E-state index in [-0.39, 0.29) is 12.0 Å². The topological polar surface area (TPSA) is 84.5 Å². The van der Waals surface area contributed by atoms with Gasteiger partial charge in [-0.25, -0.2) is 4.79 Å². The molecule has 0 atom stereocenters. The van der Waals surface area contributed by atoms with E-state index in [4.69, 9.17) is 4.74 Å². The average Bonchev–Trinajstić information content (AvgIpc) is 2.65. The smallest absolute Gasteiger partial charge is 0.321 e. The molecule has 4 bridgehead atoms. The van der Waals surface area contributed by atoms with Gasteiger partial charge in [0.05, 0.1) is 6.42 Å². The number of rotatable bonds is 7. The largest absolute Gasteiger partial charge is 0.456 e. The maximum absolute atomic E-state index is 12.3. The molecular formula is C22H28N2O4S. The summed E-state index contributed by atoms with van der Waals surface area (Å²) in [5, 5.41) is 5.40. The molecule has 0 spiro atoms. The van der Waals surface area contributed by atoms with Gasteiger partial charge in [-0.05, 0) is 68.4 Å². The summed E-state index contributed by atoms with van der Waals surface area (Å²) in [6.07, 6.45) is 7.16. The lowest BCUT2D eigenvalue weighted by atomic mass is 9.53. The number of thioether (sulfide) groups is 1. The van der Waals surface area contributed by atoms with Crippen LogP contribution in [0.4, 0.5) is 4.79 Å². The minimum absolute atomic E-state index is 0.148. The monoisotopic (exact) mass is 416 g/mol. The summed E-state index contributed by atoms with van der Waals surface area (Å²) >= 11 is 1.56. The van der Waals surface area contributed by atoms with Crippen molar-refractivity contribution in [1.82, 2.24) is 10.6 Å². The van der Waals surface area contributed by atoms with Crippen molar-refractivity contribution in [2.45, 2.75) is 55.4 Å². The summed E-state index contributed by atoms with van der Waals surface area (Å²) in [5.74, 6) is 1.70. The first-order valence-electron chi connectivity index (χ1n) is 10.5. The van der Waals surface area contributed by atoms with Crippen molar-refractivity contribution < 1.29 is 19.1 Å². The lowest BCUT2D eigenvalue weighted by Gasteiger charge is -2.56. The predicted octanol–water partition coefficient (Wildman–Crippen LogP) is 3.51. The van der Waals surface area contributed by atoms with Gasteiger partial charge in [-0.1, -0.05) is 18.2 Å². The molecule has 0 aromatic heterocycles. The number of carbonyl (C=O) groups excluding carboxylic acids is 3. The van der Waals surface area contributed by atoms with Crippen LogP contribution in [0.2, 0.25) is 0 Å². The van der Waals surface area contributed by atoms with Crippen molar-refractivity contribution in [3.8, 4) is 0 Å². The van der Waals surface area contributed by atoms with Crippen LogP contribution in [0, 0.1) is 17.8 Å². The van der Waals surface area contributed by atoms with Crippen LogP contribution in [0.1, 0.15) is 44.9 Å². The number of amides is 3. The molecule has 0 saturated heterocycles. The lowest BCUT2D eigenvalue weighted by Crippen LogP contribution is -2.62. The van der Waals surface area contributed by atoms with Crippen LogP contribution in [0.15, 0.2) is 35.2 Å². The molecule has 4 saturated carbocycles. The molecule has 29 heavy (non-hydrogen) atoms. The van der Waals surface area contributed by atoms with Gasteiger partial charge in [0.25, 0.3) is 5.91 Å². The van der Waals surface area contributed by atoms with Crippen LogP contribution in [-0.4, -0.2) is 35.8 Å². The Morgan fingerprint density at radius 3 is 2.24 bits per heavy atom. The van der Waals surface area contributed by atoms with E-state index >= 15 is 0 Å². The highest BCUT2D eigenvalue weighted by molar-refractivity contribution is 7.99. The molecule has 2 N–H and O–H groups in total. The molecule has 0 aliphatic heterocycles. The highest BCUT2D eigenvalue weighted by Gasteiger charge is 2.51. The minimum atomic E-state index is -0.587. The van der Waals surface area contributed by atoms with E-state index in [1.807, 2.05) is 30.3 Å². The van der Waals surface area contributed by atoms with Crippen LogP contribution >= 0.6 is 11.8 Å². The highest BCUT2D eigenvalue weighted by atomic mass is 32.2. The third-order valence-electron chi connectivity index (χ3n) is 6.35. The first-order valence-corrected chi connectivity index (χ1v) is 11.4. The molecule has 3 amide bonds. The zero-order valence-corrected chi connectivity index (χ0v) is 17.3. The van der Waals surface area contributed by atoms with Gasteiger partial charge in [0.2, 0.25) is 0 Å².